The van der Waals surface area contributed by atoms with Crippen LogP contribution in [-0.4, -0.2) is 38.8 Å². The van der Waals surface area contributed by atoms with Crippen LogP contribution in [0.1, 0.15) is 42.6 Å². The van der Waals surface area contributed by atoms with Crippen LogP contribution in [0, 0.1) is 13.8 Å². The van der Waals surface area contributed by atoms with Crippen LogP contribution < -0.4 is 10.6 Å². The third kappa shape index (κ3) is 4.63. The minimum atomic E-state index is -0.383. The van der Waals surface area contributed by atoms with Crippen LogP contribution in [0.15, 0.2) is 23.4 Å². The molecule has 3 rings (SSSR count). The van der Waals surface area contributed by atoms with Gasteiger partial charge in [0.05, 0.1) is 11.8 Å². The van der Waals surface area contributed by atoms with Crippen molar-refractivity contribution < 1.29 is 9.59 Å². The summed E-state index contributed by atoms with van der Waals surface area (Å²) in [6, 6.07) is 5.82. The summed E-state index contributed by atoms with van der Waals surface area (Å²) in [5, 5.41) is 12.8. The monoisotopic (exact) mass is 373 g/mol. The van der Waals surface area contributed by atoms with Crippen molar-refractivity contribution in [3.05, 3.63) is 35.2 Å². The van der Waals surface area contributed by atoms with Crippen molar-refractivity contribution in [2.45, 2.75) is 49.9 Å². The van der Waals surface area contributed by atoms with Gasteiger partial charge in [0.15, 0.2) is 0 Å². The van der Waals surface area contributed by atoms with E-state index in [4.69, 9.17) is 0 Å². The number of carbonyl (C=O) groups excluding carboxylic acids is 2. The van der Waals surface area contributed by atoms with Crippen LogP contribution >= 0.6 is 11.8 Å². The number of aromatic nitrogens is 3. The molecule has 7 nitrogen and oxygen atoms in total. The molecule has 0 aliphatic heterocycles. The number of aryl methyl sites for hydroxylation is 2. The van der Waals surface area contributed by atoms with Crippen LogP contribution in [0.25, 0.3) is 0 Å². The number of anilines is 1. The van der Waals surface area contributed by atoms with Crippen molar-refractivity contribution in [2.24, 2.45) is 0 Å². The van der Waals surface area contributed by atoms with E-state index in [1.165, 1.54) is 11.8 Å². The standard InChI is InChI=1S/C18H23N5O2S/c1-10-5-4-6-11(2)15(10)20-14(24)9-19-17(25)12(3)26-18-21-16(22-23-18)13-7-8-13/h4-6,12-13H,7-9H2,1-3H3,(H,19,25)(H,20,24)(H,21,22,23). The molecular weight excluding hydrogens is 350 g/mol. The summed E-state index contributed by atoms with van der Waals surface area (Å²) in [6.45, 7) is 5.58. The van der Waals surface area contributed by atoms with Gasteiger partial charge >= 0.3 is 0 Å². The molecule has 1 aromatic carbocycles. The minimum absolute atomic E-state index is 0.0706. The van der Waals surface area contributed by atoms with E-state index in [9.17, 15) is 9.59 Å². The summed E-state index contributed by atoms with van der Waals surface area (Å²) >= 11 is 1.28. The van der Waals surface area contributed by atoms with E-state index >= 15 is 0 Å². The van der Waals surface area contributed by atoms with Gasteiger partial charge in [-0.3, -0.25) is 14.7 Å². The Morgan fingerprint density at radius 1 is 1.31 bits per heavy atom. The van der Waals surface area contributed by atoms with E-state index in [1.54, 1.807) is 6.92 Å². The fourth-order valence-corrected chi connectivity index (χ4v) is 3.32. The Bertz CT molecular complexity index is 795. The molecule has 1 aromatic heterocycles. The van der Waals surface area contributed by atoms with Gasteiger partial charge in [-0.2, -0.15) is 0 Å². The summed E-state index contributed by atoms with van der Waals surface area (Å²) in [7, 11) is 0. The van der Waals surface area contributed by atoms with Crippen molar-refractivity contribution >= 4 is 29.3 Å². The highest BCUT2D eigenvalue weighted by molar-refractivity contribution is 8.00. The summed E-state index contributed by atoms with van der Waals surface area (Å²) in [5.41, 5.74) is 2.77. The lowest BCUT2D eigenvalue weighted by Crippen LogP contribution is -2.37. The Balaban J connectivity index is 1.47. The maximum Gasteiger partial charge on any atom is 0.243 e. The Morgan fingerprint density at radius 3 is 2.65 bits per heavy atom. The second-order valence-electron chi connectivity index (χ2n) is 6.57. The molecule has 138 valence electrons. The van der Waals surface area contributed by atoms with E-state index in [2.05, 4.69) is 25.8 Å². The molecule has 1 heterocycles. The molecule has 3 N–H and O–H groups in total. The van der Waals surface area contributed by atoms with Crippen LogP contribution in [0.3, 0.4) is 0 Å². The van der Waals surface area contributed by atoms with Crippen molar-refractivity contribution in [3.8, 4) is 0 Å². The average molecular weight is 373 g/mol. The van der Waals surface area contributed by atoms with Crippen molar-refractivity contribution in [1.29, 1.82) is 0 Å². The highest BCUT2D eigenvalue weighted by Crippen LogP contribution is 2.38. The number of hydrogen-bond acceptors (Lipinski definition) is 5. The van der Waals surface area contributed by atoms with Gasteiger partial charge in [-0.15, -0.1) is 5.10 Å². The van der Waals surface area contributed by atoms with Gasteiger partial charge in [0, 0.05) is 11.6 Å². The lowest BCUT2D eigenvalue weighted by atomic mass is 10.1. The van der Waals surface area contributed by atoms with E-state index < -0.39 is 0 Å². The number of benzene rings is 1. The van der Waals surface area contributed by atoms with Gasteiger partial charge in [-0.1, -0.05) is 30.0 Å². The summed E-state index contributed by atoms with van der Waals surface area (Å²) in [5.74, 6) is 0.925. The van der Waals surface area contributed by atoms with Gasteiger partial charge in [0.2, 0.25) is 17.0 Å². The zero-order chi connectivity index (χ0) is 18.7. The van der Waals surface area contributed by atoms with E-state index in [0.29, 0.717) is 11.1 Å². The Kier molecular flexibility index (Phi) is 5.61. The predicted octanol–water partition coefficient (Wildman–Crippen LogP) is 2.53. The van der Waals surface area contributed by atoms with E-state index in [0.717, 1.165) is 35.5 Å². The summed E-state index contributed by atoms with van der Waals surface area (Å²) < 4.78 is 0. The number of hydrogen-bond donors (Lipinski definition) is 3. The number of para-hydroxylation sites is 1. The maximum absolute atomic E-state index is 12.2. The zero-order valence-corrected chi connectivity index (χ0v) is 15.9. The fraction of sp³-hybridized carbons (Fsp3) is 0.444. The van der Waals surface area contributed by atoms with Gasteiger partial charge in [-0.25, -0.2) is 4.98 Å². The summed E-state index contributed by atoms with van der Waals surface area (Å²) in [4.78, 5) is 28.7. The average Bonchev–Trinajstić information content (AvgIpc) is 3.36. The number of nitrogens with one attached hydrogen (secondary N) is 3. The van der Waals surface area contributed by atoms with Crippen LogP contribution in [0.2, 0.25) is 0 Å². The molecule has 0 radical (unpaired) electrons. The highest BCUT2D eigenvalue weighted by atomic mass is 32.2. The molecule has 2 amide bonds. The Labute approximate surface area is 156 Å². The molecule has 1 fully saturated rings. The van der Waals surface area contributed by atoms with Crippen molar-refractivity contribution in [1.82, 2.24) is 20.5 Å². The number of thioether (sulfide) groups is 1. The lowest BCUT2D eigenvalue weighted by Gasteiger charge is -2.13. The molecule has 1 saturated carbocycles. The molecule has 1 aliphatic rings. The molecule has 0 spiro atoms. The molecule has 26 heavy (non-hydrogen) atoms. The first-order chi connectivity index (χ1) is 12.4. The third-order valence-electron chi connectivity index (χ3n) is 4.27. The maximum atomic E-state index is 12.2. The number of aromatic amines is 1. The molecule has 1 aliphatic carbocycles. The van der Waals surface area contributed by atoms with Crippen LogP contribution in [0.4, 0.5) is 5.69 Å². The number of H-pyrrole nitrogens is 1. The number of amides is 2. The predicted molar refractivity (Wildman–Crippen MR) is 101 cm³/mol. The number of nitrogens with zero attached hydrogens (tertiary/aromatic N) is 2. The summed E-state index contributed by atoms with van der Waals surface area (Å²) in [6.07, 6.45) is 2.29. The topological polar surface area (TPSA) is 99.8 Å². The second kappa shape index (κ2) is 7.90. The minimum Gasteiger partial charge on any atom is -0.346 e. The van der Waals surface area contributed by atoms with E-state index in [-0.39, 0.29) is 23.6 Å². The first-order valence-corrected chi connectivity index (χ1v) is 9.54. The Hall–Kier alpha value is -2.35. The lowest BCUT2D eigenvalue weighted by molar-refractivity contribution is -0.123. The molecule has 2 aromatic rings. The smallest absolute Gasteiger partial charge is 0.243 e. The molecule has 1 unspecified atom stereocenters. The van der Waals surface area contributed by atoms with Gasteiger partial charge < -0.3 is 10.6 Å². The zero-order valence-electron chi connectivity index (χ0n) is 15.1. The van der Waals surface area contributed by atoms with E-state index in [1.807, 2.05) is 32.0 Å². The molecule has 8 heteroatoms. The van der Waals surface area contributed by atoms with Crippen molar-refractivity contribution in [2.75, 3.05) is 11.9 Å². The first-order valence-electron chi connectivity index (χ1n) is 8.66. The number of rotatable bonds is 7. The second-order valence-corrected chi connectivity index (χ2v) is 7.88. The SMILES string of the molecule is Cc1cccc(C)c1NC(=O)CNC(=O)C(C)Sc1n[nH]c(C2CC2)n1. The van der Waals surface area contributed by atoms with Crippen molar-refractivity contribution in [3.63, 3.8) is 0 Å². The van der Waals surface area contributed by atoms with Crippen LogP contribution in [0.5, 0.6) is 0 Å². The fourth-order valence-electron chi connectivity index (χ4n) is 2.57. The van der Waals surface area contributed by atoms with Gasteiger partial charge in [0.1, 0.15) is 5.82 Å². The Morgan fingerprint density at radius 2 is 2.00 bits per heavy atom. The largest absolute Gasteiger partial charge is 0.346 e. The molecule has 0 bridgehead atoms. The quantitative estimate of drug-likeness (QED) is 0.648. The van der Waals surface area contributed by atoms with Crippen LogP contribution in [-0.2, 0) is 9.59 Å². The number of carbonyl (C=O) groups is 2. The third-order valence-corrected chi connectivity index (χ3v) is 5.23. The molecule has 0 saturated heterocycles. The highest BCUT2D eigenvalue weighted by Gasteiger charge is 2.28. The molecular formula is C18H23N5O2S. The first kappa shape index (κ1) is 18.4. The van der Waals surface area contributed by atoms with Gasteiger partial charge in [0.25, 0.3) is 0 Å². The van der Waals surface area contributed by atoms with Gasteiger partial charge in [-0.05, 0) is 44.7 Å². The molecule has 1 atom stereocenters. The normalized spacial score (nSPS) is 14.7.